The molecule has 0 radical (unpaired) electrons. The summed E-state index contributed by atoms with van der Waals surface area (Å²) in [5, 5.41) is 3.44. The molecular weight excluding hydrogens is 246 g/mol. The van der Waals surface area contributed by atoms with Gasteiger partial charge >= 0.3 is 0 Å². The van der Waals surface area contributed by atoms with Gasteiger partial charge in [-0.25, -0.2) is 4.98 Å². The zero-order chi connectivity index (χ0) is 13.9. The summed E-state index contributed by atoms with van der Waals surface area (Å²) in [5.74, 6) is 2.14. The normalized spacial score (nSPS) is 17.1. The van der Waals surface area contributed by atoms with Crippen molar-refractivity contribution < 1.29 is 0 Å². The molecular formula is C17H25N3. The summed E-state index contributed by atoms with van der Waals surface area (Å²) in [6, 6.07) is 8.99. The van der Waals surface area contributed by atoms with Crippen LogP contribution in [0.25, 0.3) is 11.0 Å². The first kappa shape index (κ1) is 13.6. The number of nitrogens with one attached hydrogen (secondary N) is 1. The van der Waals surface area contributed by atoms with E-state index in [0.29, 0.717) is 6.04 Å². The van der Waals surface area contributed by atoms with Gasteiger partial charge in [-0.3, -0.25) is 0 Å². The maximum atomic E-state index is 4.87. The topological polar surface area (TPSA) is 29.9 Å². The lowest BCUT2D eigenvalue weighted by molar-refractivity contribution is 0.350. The average molecular weight is 271 g/mol. The highest BCUT2D eigenvalue weighted by Gasteiger charge is 2.17. The lowest BCUT2D eigenvalue weighted by Crippen LogP contribution is -2.28. The fourth-order valence-corrected chi connectivity index (χ4v) is 3.35. The van der Waals surface area contributed by atoms with E-state index in [1.807, 2.05) is 0 Å². The van der Waals surface area contributed by atoms with Gasteiger partial charge in [0.2, 0.25) is 0 Å². The van der Waals surface area contributed by atoms with Crippen molar-refractivity contribution in [2.45, 2.75) is 45.6 Å². The molecule has 0 atom stereocenters. The molecule has 0 aliphatic carbocycles. The van der Waals surface area contributed by atoms with Crippen molar-refractivity contribution in [2.75, 3.05) is 13.1 Å². The Kier molecular flexibility index (Phi) is 4.06. The maximum absolute atomic E-state index is 4.87. The predicted molar refractivity (Wildman–Crippen MR) is 84.0 cm³/mol. The van der Waals surface area contributed by atoms with E-state index in [4.69, 9.17) is 4.98 Å². The molecule has 3 rings (SSSR count). The first-order valence-electron chi connectivity index (χ1n) is 7.92. The molecule has 2 heterocycles. The van der Waals surface area contributed by atoms with E-state index >= 15 is 0 Å². The van der Waals surface area contributed by atoms with Crippen LogP contribution in [0.5, 0.6) is 0 Å². The number of aryl methyl sites for hydroxylation is 1. The molecule has 2 aromatic rings. The summed E-state index contributed by atoms with van der Waals surface area (Å²) in [4.78, 5) is 4.87. The van der Waals surface area contributed by atoms with Gasteiger partial charge in [-0.05, 0) is 64.3 Å². The number of nitrogens with zero attached hydrogens (tertiary/aromatic N) is 2. The van der Waals surface area contributed by atoms with Gasteiger partial charge < -0.3 is 9.88 Å². The van der Waals surface area contributed by atoms with E-state index in [9.17, 15) is 0 Å². The number of piperidine rings is 1. The second kappa shape index (κ2) is 5.96. The fourth-order valence-electron chi connectivity index (χ4n) is 3.35. The van der Waals surface area contributed by atoms with E-state index in [0.717, 1.165) is 17.9 Å². The summed E-state index contributed by atoms with van der Waals surface area (Å²) in [6.45, 7) is 6.88. The number of hydrogen-bond donors (Lipinski definition) is 1. The van der Waals surface area contributed by atoms with Crippen LogP contribution in [0.3, 0.4) is 0 Å². The summed E-state index contributed by atoms with van der Waals surface area (Å²) < 4.78 is 2.41. The zero-order valence-electron chi connectivity index (χ0n) is 12.6. The SMILES string of the molecule is CC(C)n1c(CCC2CCNCC2)nc2ccccc21. The molecule has 108 valence electrons. The van der Waals surface area contributed by atoms with Crippen molar-refractivity contribution in [1.82, 2.24) is 14.9 Å². The Morgan fingerprint density at radius 3 is 2.75 bits per heavy atom. The van der Waals surface area contributed by atoms with Crippen LogP contribution >= 0.6 is 0 Å². The molecule has 1 aliphatic heterocycles. The first-order chi connectivity index (χ1) is 9.75. The van der Waals surface area contributed by atoms with Crippen molar-refractivity contribution in [2.24, 2.45) is 5.92 Å². The predicted octanol–water partition coefficient (Wildman–Crippen LogP) is 3.55. The van der Waals surface area contributed by atoms with Crippen LogP contribution in [-0.4, -0.2) is 22.6 Å². The second-order valence-corrected chi connectivity index (χ2v) is 6.21. The second-order valence-electron chi connectivity index (χ2n) is 6.21. The van der Waals surface area contributed by atoms with Crippen LogP contribution in [0.2, 0.25) is 0 Å². The highest BCUT2D eigenvalue weighted by atomic mass is 15.1. The number of aromatic nitrogens is 2. The molecule has 1 aromatic carbocycles. The van der Waals surface area contributed by atoms with Gasteiger partial charge in [-0.1, -0.05) is 12.1 Å². The molecule has 1 N–H and O–H groups in total. The van der Waals surface area contributed by atoms with Crippen LogP contribution in [-0.2, 0) is 6.42 Å². The number of hydrogen-bond acceptors (Lipinski definition) is 2. The minimum absolute atomic E-state index is 0.477. The van der Waals surface area contributed by atoms with Gasteiger partial charge in [0.1, 0.15) is 5.82 Å². The number of para-hydroxylation sites is 2. The van der Waals surface area contributed by atoms with Crippen LogP contribution in [0.1, 0.15) is 45.0 Å². The van der Waals surface area contributed by atoms with Gasteiger partial charge in [0.05, 0.1) is 11.0 Å². The van der Waals surface area contributed by atoms with Crippen LogP contribution in [0, 0.1) is 5.92 Å². The molecule has 1 aliphatic rings. The Balaban J connectivity index is 1.81. The minimum atomic E-state index is 0.477. The van der Waals surface area contributed by atoms with E-state index < -0.39 is 0 Å². The van der Waals surface area contributed by atoms with Gasteiger partial charge in [-0.15, -0.1) is 0 Å². The monoisotopic (exact) mass is 271 g/mol. The third-order valence-corrected chi connectivity index (χ3v) is 4.42. The largest absolute Gasteiger partial charge is 0.325 e. The maximum Gasteiger partial charge on any atom is 0.110 e. The lowest BCUT2D eigenvalue weighted by atomic mass is 9.93. The van der Waals surface area contributed by atoms with Crippen LogP contribution < -0.4 is 5.32 Å². The molecule has 1 aromatic heterocycles. The van der Waals surface area contributed by atoms with Crippen molar-refractivity contribution in [3.05, 3.63) is 30.1 Å². The third-order valence-electron chi connectivity index (χ3n) is 4.42. The molecule has 3 nitrogen and oxygen atoms in total. The van der Waals surface area contributed by atoms with Crippen molar-refractivity contribution in [1.29, 1.82) is 0 Å². The Morgan fingerprint density at radius 2 is 2.00 bits per heavy atom. The summed E-state index contributed by atoms with van der Waals surface area (Å²) in [5.41, 5.74) is 2.42. The first-order valence-corrected chi connectivity index (χ1v) is 7.92. The Morgan fingerprint density at radius 1 is 1.25 bits per heavy atom. The van der Waals surface area contributed by atoms with Gasteiger partial charge in [0.25, 0.3) is 0 Å². The molecule has 0 unspecified atom stereocenters. The number of rotatable bonds is 4. The summed E-state index contributed by atoms with van der Waals surface area (Å²) in [7, 11) is 0. The molecule has 0 bridgehead atoms. The van der Waals surface area contributed by atoms with E-state index in [1.165, 1.54) is 43.7 Å². The van der Waals surface area contributed by atoms with Crippen LogP contribution in [0.4, 0.5) is 0 Å². The third kappa shape index (κ3) is 2.73. The van der Waals surface area contributed by atoms with Crippen molar-refractivity contribution in [3.63, 3.8) is 0 Å². The van der Waals surface area contributed by atoms with Gasteiger partial charge in [-0.2, -0.15) is 0 Å². The molecule has 0 saturated carbocycles. The van der Waals surface area contributed by atoms with Crippen molar-refractivity contribution >= 4 is 11.0 Å². The Bertz CT molecular complexity index is 565. The standard InChI is InChI=1S/C17H25N3/c1-13(2)20-16-6-4-3-5-15(16)19-17(20)8-7-14-9-11-18-12-10-14/h3-6,13-14,18H,7-12H2,1-2H3. The Labute approximate surface area is 121 Å². The van der Waals surface area contributed by atoms with E-state index in [2.05, 4.69) is 48.0 Å². The molecule has 0 amide bonds. The van der Waals surface area contributed by atoms with E-state index in [1.54, 1.807) is 0 Å². The minimum Gasteiger partial charge on any atom is -0.325 e. The number of fused-ring (bicyclic) bond motifs is 1. The zero-order valence-corrected chi connectivity index (χ0v) is 12.6. The van der Waals surface area contributed by atoms with Gasteiger partial charge in [0.15, 0.2) is 0 Å². The Hall–Kier alpha value is -1.35. The molecule has 0 spiro atoms. The molecule has 1 saturated heterocycles. The average Bonchev–Trinajstić information content (AvgIpc) is 2.84. The van der Waals surface area contributed by atoms with Crippen LogP contribution in [0.15, 0.2) is 24.3 Å². The van der Waals surface area contributed by atoms with E-state index in [-0.39, 0.29) is 0 Å². The highest BCUT2D eigenvalue weighted by molar-refractivity contribution is 5.76. The smallest absolute Gasteiger partial charge is 0.110 e. The summed E-state index contributed by atoms with van der Waals surface area (Å²) >= 11 is 0. The molecule has 20 heavy (non-hydrogen) atoms. The molecule has 1 fully saturated rings. The number of benzene rings is 1. The summed E-state index contributed by atoms with van der Waals surface area (Å²) in [6.07, 6.45) is 5.03. The van der Waals surface area contributed by atoms with Crippen molar-refractivity contribution in [3.8, 4) is 0 Å². The fraction of sp³-hybridized carbons (Fsp3) is 0.588. The lowest BCUT2D eigenvalue weighted by Gasteiger charge is -2.22. The number of imidazole rings is 1. The highest BCUT2D eigenvalue weighted by Crippen LogP contribution is 2.24. The molecule has 3 heteroatoms. The quantitative estimate of drug-likeness (QED) is 0.921. The van der Waals surface area contributed by atoms with Gasteiger partial charge in [0, 0.05) is 12.5 Å².